The Kier molecular flexibility index (Phi) is 3.82. The van der Waals surface area contributed by atoms with Crippen molar-refractivity contribution in [3.63, 3.8) is 0 Å². The van der Waals surface area contributed by atoms with Crippen LogP contribution in [0.5, 0.6) is 11.5 Å². The van der Waals surface area contributed by atoms with Gasteiger partial charge in [-0.1, -0.05) is 0 Å². The number of ether oxygens (including phenoxy) is 2. The van der Waals surface area contributed by atoms with Gasteiger partial charge in [0, 0.05) is 0 Å². The summed E-state index contributed by atoms with van der Waals surface area (Å²) in [5.41, 5.74) is -0.490. The Morgan fingerprint density at radius 2 is 2.12 bits per heavy atom. The van der Waals surface area contributed by atoms with Crippen molar-refractivity contribution in [2.45, 2.75) is 12.8 Å². The number of carbonyl (C=O) groups excluding carboxylic acids is 1. The minimum absolute atomic E-state index is 0.0412. The predicted molar refractivity (Wildman–Crippen MR) is 54.1 cm³/mol. The number of alkyl halides is 2. The molecule has 0 aliphatic carbocycles. The Morgan fingerprint density at radius 3 is 2.62 bits per heavy atom. The first kappa shape index (κ1) is 12.4. The number of hydrogen-bond donors (Lipinski definition) is 0. The van der Waals surface area contributed by atoms with Crippen molar-refractivity contribution in [2.24, 2.45) is 0 Å². The molecule has 0 aliphatic rings. The molecule has 1 aromatic rings. The molecule has 0 bridgehead atoms. The lowest BCUT2D eigenvalue weighted by atomic mass is 10.1. The van der Waals surface area contributed by atoms with Gasteiger partial charge in [0.2, 0.25) is 0 Å². The largest absolute Gasteiger partial charge is 0.496 e. The molecular formula is C11H12F2O3. The molecular weight excluding hydrogens is 218 g/mol. The van der Waals surface area contributed by atoms with Gasteiger partial charge < -0.3 is 9.47 Å². The highest BCUT2D eigenvalue weighted by atomic mass is 19.3. The zero-order valence-electron chi connectivity index (χ0n) is 9.00. The monoisotopic (exact) mass is 230 g/mol. The fourth-order valence-corrected chi connectivity index (χ4v) is 1.27. The van der Waals surface area contributed by atoms with E-state index in [9.17, 15) is 13.6 Å². The lowest BCUT2D eigenvalue weighted by molar-refractivity contribution is -0.130. The molecule has 1 rings (SSSR count). The lowest BCUT2D eigenvalue weighted by Crippen LogP contribution is -2.16. The summed E-state index contributed by atoms with van der Waals surface area (Å²) < 4.78 is 36.4. The average Bonchev–Trinajstić information content (AvgIpc) is 2.29. The fourth-order valence-electron chi connectivity index (χ4n) is 1.27. The molecule has 0 spiro atoms. The van der Waals surface area contributed by atoms with Crippen molar-refractivity contribution < 1.29 is 23.0 Å². The normalized spacial score (nSPS) is 11.0. The first-order valence-electron chi connectivity index (χ1n) is 4.70. The molecule has 16 heavy (non-hydrogen) atoms. The number of methoxy groups -OCH3 is 1. The molecule has 1 aromatic carbocycles. The van der Waals surface area contributed by atoms with Crippen molar-refractivity contribution in [3.05, 3.63) is 23.8 Å². The van der Waals surface area contributed by atoms with E-state index < -0.39 is 17.8 Å². The fraction of sp³-hybridized carbons (Fsp3) is 0.364. The maximum atomic E-state index is 13.2. The SMILES string of the molecule is CCOc1ccc(OC)c(C(F)(F)C=O)c1. The number of aldehydes is 1. The third kappa shape index (κ3) is 2.48. The molecule has 0 fully saturated rings. The number of rotatable bonds is 5. The molecule has 0 heterocycles. The third-order valence-electron chi connectivity index (χ3n) is 1.99. The van der Waals surface area contributed by atoms with Crippen LogP contribution in [0.4, 0.5) is 8.78 Å². The van der Waals surface area contributed by atoms with E-state index in [4.69, 9.17) is 9.47 Å². The zero-order valence-corrected chi connectivity index (χ0v) is 9.00. The number of hydrogen-bond acceptors (Lipinski definition) is 3. The van der Waals surface area contributed by atoms with Crippen LogP contribution in [0.3, 0.4) is 0 Å². The second-order valence-electron chi connectivity index (χ2n) is 3.04. The highest BCUT2D eigenvalue weighted by Gasteiger charge is 2.34. The van der Waals surface area contributed by atoms with E-state index in [1.165, 1.54) is 19.2 Å². The summed E-state index contributed by atoms with van der Waals surface area (Å²) in [5, 5.41) is 0. The average molecular weight is 230 g/mol. The summed E-state index contributed by atoms with van der Waals surface area (Å²) >= 11 is 0. The van der Waals surface area contributed by atoms with E-state index in [0.29, 0.717) is 6.61 Å². The highest BCUT2D eigenvalue weighted by molar-refractivity contribution is 5.66. The molecule has 88 valence electrons. The van der Waals surface area contributed by atoms with Crippen LogP contribution in [0.1, 0.15) is 12.5 Å². The molecule has 0 saturated heterocycles. The predicted octanol–water partition coefficient (Wildman–Crippen LogP) is 2.38. The summed E-state index contributed by atoms with van der Waals surface area (Å²) in [4.78, 5) is 10.3. The Balaban J connectivity index is 3.21. The van der Waals surface area contributed by atoms with Gasteiger partial charge in [0.1, 0.15) is 11.5 Å². The maximum Gasteiger partial charge on any atom is 0.331 e. The molecule has 0 atom stereocenters. The Bertz CT molecular complexity index is 377. The van der Waals surface area contributed by atoms with Gasteiger partial charge in [-0.05, 0) is 25.1 Å². The molecule has 0 saturated carbocycles. The van der Waals surface area contributed by atoms with Crippen molar-refractivity contribution >= 4 is 6.29 Å². The van der Waals surface area contributed by atoms with Crippen LogP contribution in [-0.4, -0.2) is 20.0 Å². The van der Waals surface area contributed by atoms with Gasteiger partial charge in [-0.2, -0.15) is 8.78 Å². The molecule has 0 amide bonds. The molecule has 0 N–H and O–H groups in total. The number of benzene rings is 1. The molecule has 5 heteroatoms. The second kappa shape index (κ2) is 4.92. The lowest BCUT2D eigenvalue weighted by Gasteiger charge is -2.15. The van der Waals surface area contributed by atoms with Gasteiger partial charge in [-0.15, -0.1) is 0 Å². The third-order valence-corrected chi connectivity index (χ3v) is 1.99. The van der Waals surface area contributed by atoms with Gasteiger partial charge >= 0.3 is 5.92 Å². The van der Waals surface area contributed by atoms with Crippen LogP contribution >= 0.6 is 0 Å². The van der Waals surface area contributed by atoms with Gasteiger partial charge in [-0.3, -0.25) is 4.79 Å². The standard InChI is InChI=1S/C11H12F2O3/c1-3-16-8-4-5-10(15-2)9(6-8)11(12,13)7-14/h4-7H,3H2,1-2H3. The molecule has 0 radical (unpaired) electrons. The van der Waals surface area contributed by atoms with Crippen molar-refractivity contribution in [1.29, 1.82) is 0 Å². The quantitative estimate of drug-likeness (QED) is 0.728. The first-order chi connectivity index (χ1) is 7.55. The molecule has 3 nitrogen and oxygen atoms in total. The van der Waals surface area contributed by atoms with Crippen molar-refractivity contribution in [3.8, 4) is 11.5 Å². The summed E-state index contributed by atoms with van der Waals surface area (Å²) in [5.74, 6) is -3.33. The molecule has 0 aromatic heterocycles. The Hall–Kier alpha value is -1.65. The smallest absolute Gasteiger partial charge is 0.331 e. The first-order valence-corrected chi connectivity index (χ1v) is 4.70. The maximum absolute atomic E-state index is 13.2. The van der Waals surface area contributed by atoms with Gasteiger partial charge in [0.25, 0.3) is 0 Å². The molecule has 0 aliphatic heterocycles. The van der Waals surface area contributed by atoms with Gasteiger partial charge in [-0.25, -0.2) is 0 Å². The Morgan fingerprint density at radius 1 is 1.44 bits per heavy atom. The van der Waals surface area contributed by atoms with E-state index in [1.807, 2.05) is 0 Å². The van der Waals surface area contributed by atoms with Crippen LogP contribution in [-0.2, 0) is 10.7 Å². The second-order valence-corrected chi connectivity index (χ2v) is 3.04. The van der Waals surface area contributed by atoms with Crippen LogP contribution < -0.4 is 9.47 Å². The Labute approximate surface area is 92.0 Å². The molecule has 0 unspecified atom stereocenters. The van der Waals surface area contributed by atoms with Crippen LogP contribution in [0.25, 0.3) is 0 Å². The van der Waals surface area contributed by atoms with E-state index >= 15 is 0 Å². The van der Waals surface area contributed by atoms with Crippen LogP contribution in [0, 0.1) is 0 Å². The van der Waals surface area contributed by atoms with Crippen molar-refractivity contribution in [2.75, 3.05) is 13.7 Å². The highest BCUT2D eigenvalue weighted by Crippen LogP contribution is 2.35. The van der Waals surface area contributed by atoms with Crippen molar-refractivity contribution in [1.82, 2.24) is 0 Å². The van der Waals surface area contributed by atoms with Gasteiger partial charge in [0.15, 0.2) is 6.29 Å². The summed E-state index contributed by atoms with van der Waals surface area (Å²) in [6.45, 7) is 2.10. The minimum atomic E-state index is -3.57. The topological polar surface area (TPSA) is 35.5 Å². The zero-order chi connectivity index (χ0) is 12.2. The van der Waals surface area contributed by atoms with E-state index in [-0.39, 0.29) is 11.5 Å². The number of halogens is 2. The van der Waals surface area contributed by atoms with Crippen LogP contribution in [0.15, 0.2) is 18.2 Å². The van der Waals surface area contributed by atoms with E-state index in [2.05, 4.69) is 0 Å². The summed E-state index contributed by atoms with van der Waals surface area (Å²) in [7, 11) is 1.26. The van der Waals surface area contributed by atoms with Gasteiger partial charge in [0.05, 0.1) is 19.3 Å². The summed E-state index contributed by atoms with van der Waals surface area (Å²) in [6, 6.07) is 3.96. The summed E-state index contributed by atoms with van der Waals surface area (Å²) in [6.07, 6.45) is -0.416. The van der Waals surface area contributed by atoms with E-state index in [0.717, 1.165) is 6.07 Å². The number of carbonyl (C=O) groups is 1. The van der Waals surface area contributed by atoms with E-state index in [1.54, 1.807) is 6.92 Å². The van der Waals surface area contributed by atoms with Crippen LogP contribution in [0.2, 0.25) is 0 Å². The minimum Gasteiger partial charge on any atom is -0.496 e.